The predicted molar refractivity (Wildman–Crippen MR) is 73.7 cm³/mol. The number of amides is 1. The van der Waals surface area contributed by atoms with Crippen LogP contribution in [0.4, 0.5) is 0 Å². The quantitative estimate of drug-likeness (QED) is 0.721. The zero-order valence-corrected chi connectivity index (χ0v) is 12.2. The summed E-state index contributed by atoms with van der Waals surface area (Å²) >= 11 is 0. The molecule has 3 heteroatoms. The van der Waals surface area contributed by atoms with Crippen LogP contribution in [0.1, 0.15) is 53.9 Å². The average Bonchev–Trinajstić information content (AvgIpc) is 2.19. The van der Waals surface area contributed by atoms with Crippen LogP contribution in [0.2, 0.25) is 0 Å². The summed E-state index contributed by atoms with van der Waals surface area (Å²) in [6.07, 6.45) is 2.59. The minimum Gasteiger partial charge on any atom is -0.356 e. The highest BCUT2D eigenvalue weighted by atomic mass is 16.1. The minimum atomic E-state index is 0.157. The Morgan fingerprint density at radius 2 is 1.82 bits per heavy atom. The molecule has 0 fully saturated rings. The first-order valence-electron chi connectivity index (χ1n) is 6.73. The van der Waals surface area contributed by atoms with E-state index in [-0.39, 0.29) is 11.3 Å². The molecule has 0 radical (unpaired) electrons. The molecule has 0 aromatic carbocycles. The maximum absolute atomic E-state index is 11.7. The van der Waals surface area contributed by atoms with Crippen LogP contribution < -0.4 is 11.1 Å². The lowest BCUT2D eigenvalue weighted by Gasteiger charge is -2.21. The number of nitrogens with two attached hydrogens (primary N) is 1. The topological polar surface area (TPSA) is 55.1 Å². The molecule has 0 aliphatic heterocycles. The highest BCUT2D eigenvalue weighted by Gasteiger charge is 2.16. The van der Waals surface area contributed by atoms with Gasteiger partial charge in [0.2, 0.25) is 5.91 Å². The summed E-state index contributed by atoms with van der Waals surface area (Å²) in [6, 6.07) is 0. The van der Waals surface area contributed by atoms with Gasteiger partial charge < -0.3 is 11.1 Å². The molecule has 0 aromatic heterocycles. The Balaban J connectivity index is 3.88. The first-order valence-corrected chi connectivity index (χ1v) is 6.73. The van der Waals surface area contributed by atoms with Crippen molar-refractivity contribution >= 4 is 5.91 Å². The Hall–Kier alpha value is -0.570. The third kappa shape index (κ3) is 9.16. The van der Waals surface area contributed by atoms with Crippen LogP contribution >= 0.6 is 0 Å². The van der Waals surface area contributed by atoms with Gasteiger partial charge in [-0.1, -0.05) is 34.6 Å². The zero-order valence-electron chi connectivity index (χ0n) is 12.2. The van der Waals surface area contributed by atoms with E-state index >= 15 is 0 Å². The van der Waals surface area contributed by atoms with Gasteiger partial charge in [0.15, 0.2) is 0 Å². The number of carbonyl (C=O) groups is 1. The molecule has 0 rings (SSSR count). The second-order valence-electron chi connectivity index (χ2n) is 6.46. The van der Waals surface area contributed by atoms with Crippen LogP contribution in [0.3, 0.4) is 0 Å². The number of nitrogens with one attached hydrogen (secondary N) is 1. The molecule has 0 saturated carbocycles. The Morgan fingerprint density at radius 3 is 2.24 bits per heavy atom. The molecule has 3 N–H and O–H groups in total. The largest absolute Gasteiger partial charge is 0.356 e. The second-order valence-corrected chi connectivity index (χ2v) is 6.46. The summed E-state index contributed by atoms with van der Waals surface area (Å²) in [5.41, 5.74) is 5.75. The summed E-state index contributed by atoms with van der Waals surface area (Å²) in [5.74, 6) is 1.34. The van der Waals surface area contributed by atoms with Crippen LogP contribution in [-0.2, 0) is 4.79 Å². The maximum atomic E-state index is 11.7. The van der Waals surface area contributed by atoms with Crippen molar-refractivity contribution in [3.63, 3.8) is 0 Å². The maximum Gasteiger partial charge on any atom is 0.220 e. The number of hydrogen-bond acceptors (Lipinski definition) is 2. The highest BCUT2D eigenvalue weighted by Crippen LogP contribution is 2.20. The van der Waals surface area contributed by atoms with Gasteiger partial charge in [0.1, 0.15) is 0 Å². The van der Waals surface area contributed by atoms with E-state index in [1.54, 1.807) is 0 Å². The number of hydrogen-bond donors (Lipinski definition) is 2. The third-order valence-electron chi connectivity index (χ3n) is 3.04. The van der Waals surface area contributed by atoms with E-state index in [0.717, 1.165) is 19.4 Å². The molecule has 0 aliphatic rings. The first kappa shape index (κ1) is 16.4. The fourth-order valence-corrected chi connectivity index (χ4v) is 1.79. The smallest absolute Gasteiger partial charge is 0.220 e. The fourth-order valence-electron chi connectivity index (χ4n) is 1.79. The Bertz CT molecular complexity index is 219. The lowest BCUT2D eigenvalue weighted by molar-refractivity contribution is -0.121. The molecule has 0 aromatic rings. The molecule has 1 unspecified atom stereocenters. The average molecular weight is 242 g/mol. The normalized spacial score (nSPS) is 13.8. The summed E-state index contributed by atoms with van der Waals surface area (Å²) in [4.78, 5) is 11.7. The van der Waals surface area contributed by atoms with Gasteiger partial charge in [-0.05, 0) is 36.6 Å². The van der Waals surface area contributed by atoms with Crippen LogP contribution in [0.5, 0.6) is 0 Å². The number of rotatable bonds is 7. The van der Waals surface area contributed by atoms with Gasteiger partial charge in [0.05, 0.1) is 0 Å². The van der Waals surface area contributed by atoms with Gasteiger partial charge in [0.25, 0.3) is 0 Å². The van der Waals surface area contributed by atoms with Crippen molar-refractivity contribution in [2.75, 3.05) is 13.1 Å². The standard InChI is InChI=1S/C14H30N2O/c1-11(2)12(8-9-15)6-7-13(17)16-10-14(3,4)5/h11-12H,6-10,15H2,1-5H3,(H,16,17). The van der Waals surface area contributed by atoms with Gasteiger partial charge in [0, 0.05) is 13.0 Å². The molecule has 0 saturated heterocycles. The van der Waals surface area contributed by atoms with Crippen molar-refractivity contribution in [3.8, 4) is 0 Å². The Kier molecular flexibility index (Phi) is 7.44. The molecule has 1 atom stereocenters. The number of carbonyl (C=O) groups excluding carboxylic acids is 1. The molecule has 3 nitrogen and oxygen atoms in total. The van der Waals surface area contributed by atoms with Gasteiger partial charge in [-0.2, -0.15) is 0 Å². The second kappa shape index (κ2) is 7.70. The Morgan fingerprint density at radius 1 is 1.24 bits per heavy atom. The van der Waals surface area contributed by atoms with E-state index in [2.05, 4.69) is 39.9 Å². The molecule has 0 spiro atoms. The molecule has 1 amide bonds. The van der Waals surface area contributed by atoms with Crippen molar-refractivity contribution < 1.29 is 4.79 Å². The van der Waals surface area contributed by atoms with E-state index in [9.17, 15) is 4.79 Å². The monoisotopic (exact) mass is 242 g/mol. The lowest BCUT2D eigenvalue weighted by atomic mass is 9.88. The van der Waals surface area contributed by atoms with E-state index in [0.29, 0.717) is 24.8 Å². The van der Waals surface area contributed by atoms with Crippen molar-refractivity contribution in [1.29, 1.82) is 0 Å². The summed E-state index contributed by atoms with van der Waals surface area (Å²) in [7, 11) is 0. The molecule has 0 aliphatic carbocycles. The van der Waals surface area contributed by atoms with Gasteiger partial charge in [-0.15, -0.1) is 0 Å². The van der Waals surface area contributed by atoms with Crippen molar-refractivity contribution in [3.05, 3.63) is 0 Å². The van der Waals surface area contributed by atoms with Crippen LogP contribution in [0.15, 0.2) is 0 Å². The van der Waals surface area contributed by atoms with Crippen LogP contribution in [0, 0.1) is 17.3 Å². The molecule has 102 valence electrons. The molecule has 0 heterocycles. The molecular weight excluding hydrogens is 212 g/mol. The van der Waals surface area contributed by atoms with Crippen LogP contribution in [0.25, 0.3) is 0 Å². The molecule has 17 heavy (non-hydrogen) atoms. The lowest BCUT2D eigenvalue weighted by Crippen LogP contribution is -2.32. The van der Waals surface area contributed by atoms with Crippen molar-refractivity contribution in [2.45, 2.75) is 53.9 Å². The summed E-state index contributed by atoms with van der Waals surface area (Å²) in [5, 5.41) is 2.99. The van der Waals surface area contributed by atoms with Gasteiger partial charge in [-0.25, -0.2) is 0 Å². The van der Waals surface area contributed by atoms with E-state index in [4.69, 9.17) is 5.73 Å². The Labute approximate surface area is 107 Å². The first-order chi connectivity index (χ1) is 7.76. The fraction of sp³-hybridized carbons (Fsp3) is 0.929. The molecular formula is C14H30N2O. The minimum absolute atomic E-state index is 0.157. The zero-order chi connectivity index (χ0) is 13.5. The van der Waals surface area contributed by atoms with Crippen molar-refractivity contribution in [1.82, 2.24) is 5.32 Å². The van der Waals surface area contributed by atoms with E-state index in [1.807, 2.05) is 0 Å². The van der Waals surface area contributed by atoms with Gasteiger partial charge in [-0.3, -0.25) is 4.79 Å². The summed E-state index contributed by atoms with van der Waals surface area (Å²) in [6.45, 7) is 12.2. The molecule has 0 bridgehead atoms. The van der Waals surface area contributed by atoms with Gasteiger partial charge >= 0.3 is 0 Å². The summed E-state index contributed by atoms with van der Waals surface area (Å²) < 4.78 is 0. The van der Waals surface area contributed by atoms with E-state index in [1.165, 1.54) is 0 Å². The highest BCUT2D eigenvalue weighted by molar-refractivity contribution is 5.75. The van der Waals surface area contributed by atoms with E-state index < -0.39 is 0 Å². The SMILES string of the molecule is CC(C)C(CCN)CCC(=O)NCC(C)(C)C. The third-order valence-corrected chi connectivity index (χ3v) is 3.04. The predicted octanol–water partition coefficient (Wildman–Crippen LogP) is 2.55. The van der Waals surface area contributed by atoms with Crippen LogP contribution in [-0.4, -0.2) is 19.0 Å². The van der Waals surface area contributed by atoms with Crippen molar-refractivity contribution in [2.24, 2.45) is 23.0 Å².